The number of hydrogen-bond donors (Lipinski definition) is 2. The maximum Gasteiger partial charge on any atom is 0.0724 e. The van der Waals surface area contributed by atoms with Crippen LogP contribution in [0.2, 0.25) is 0 Å². The molecule has 0 aromatic heterocycles. The largest absolute Gasteiger partial charge is 0.389 e. The zero-order valence-electron chi connectivity index (χ0n) is 7.77. The van der Waals surface area contributed by atoms with Gasteiger partial charge in [-0.3, -0.25) is 0 Å². The lowest BCUT2D eigenvalue weighted by Gasteiger charge is -2.02. The third-order valence-electron chi connectivity index (χ3n) is 1.48. The fourth-order valence-electron chi connectivity index (χ4n) is 0.819. The van der Waals surface area contributed by atoms with Crippen molar-refractivity contribution in [1.29, 1.82) is 0 Å². The molecule has 0 fully saturated rings. The summed E-state index contributed by atoms with van der Waals surface area (Å²) in [6, 6.07) is 0. The monoisotopic (exact) mass is 170 g/mol. The van der Waals surface area contributed by atoms with Crippen molar-refractivity contribution < 1.29 is 10.2 Å². The van der Waals surface area contributed by atoms with Gasteiger partial charge >= 0.3 is 0 Å². The maximum atomic E-state index is 9.29. The van der Waals surface area contributed by atoms with Gasteiger partial charge in [0.05, 0.1) is 12.2 Å². The van der Waals surface area contributed by atoms with Crippen molar-refractivity contribution in [2.24, 2.45) is 0 Å². The lowest BCUT2D eigenvalue weighted by Crippen LogP contribution is -2.03. The summed E-state index contributed by atoms with van der Waals surface area (Å²) in [5.74, 6) is 0. The van der Waals surface area contributed by atoms with E-state index in [4.69, 9.17) is 5.11 Å². The summed E-state index contributed by atoms with van der Waals surface area (Å²) in [5, 5.41) is 18.2. The average molecular weight is 170 g/mol. The molecule has 2 atom stereocenters. The quantitative estimate of drug-likeness (QED) is 0.616. The molecule has 0 saturated carbocycles. The molecule has 0 bridgehead atoms. The van der Waals surface area contributed by atoms with Gasteiger partial charge in [-0.25, -0.2) is 0 Å². The minimum absolute atomic E-state index is 0.434. The molecule has 70 valence electrons. The molecule has 2 nitrogen and oxygen atoms in total. The third-order valence-corrected chi connectivity index (χ3v) is 1.48. The van der Waals surface area contributed by atoms with Crippen molar-refractivity contribution in [3.05, 3.63) is 24.3 Å². The third kappa shape index (κ3) is 7.51. The van der Waals surface area contributed by atoms with Crippen LogP contribution in [0, 0.1) is 0 Å². The van der Waals surface area contributed by atoms with E-state index in [9.17, 15) is 5.11 Å². The summed E-state index contributed by atoms with van der Waals surface area (Å²) < 4.78 is 0. The Morgan fingerprint density at radius 1 is 1.25 bits per heavy atom. The first kappa shape index (κ1) is 11.4. The maximum absolute atomic E-state index is 9.29. The molecule has 0 saturated heterocycles. The molecule has 0 radical (unpaired) electrons. The van der Waals surface area contributed by atoms with E-state index in [1.54, 1.807) is 19.1 Å². The summed E-state index contributed by atoms with van der Waals surface area (Å²) in [6.07, 6.45) is 7.89. The van der Waals surface area contributed by atoms with Gasteiger partial charge in [-0.05, 0) is 26.7 Å². The molecule has 0 aromatic carbocycles. The van der Waals surface area contributed by atoms with Crippen molar-refractivity contribution in [2.75, 3.05) is 0 Å². The van der Waals surface area contributed by atoms with Crippen molar-refractivity contribution in [1.82, 2.24) is 0 Å². The van der Waals surface area contributed by atoms with Crippen molar-refractivity contribution in [2.45, 2.75) is 38.9 Å². The first-order valence-corrected chi connectivity index (χ1v) is 4.32. The van der Waals surface area contributed by atoms with Crippen LogP contribution in [0.4, 0.5) is 0 Å². The highest BCUT2D eigenvalue weighted by atomic mass is 16.3. The van der Waals surface area contributed by atoms with E-state index in [2.05, 4.69) is 0 Å². The predicted molar refractivity (Wildman–Crippen MR) is 50.9 cm³/mol. The van der Waals surface area contributed by atoms with Crippen LogP contribution in [-0.4, -0.2) is 22.4 Å². The topological polar surface area (TPSA) is 40.5 Å². The fraction of sp³-hybridized carbons (Fsp3) is 0.600. The molecule has 12 heavy (non-hydrogen) atoms. The predicted octanol–water partition coefficient (Wildman–Crippen LogP) is 1.64. The van der Waals surface area contributed by atoms with Gasteiger partial charge in [-0.2, -0.15) is 0 Å². The van der Waals surface area contributed by atoms with E-state index in [1.807, 2.05) is 19.1 Å². The first-order valence-electron chi connectivity index (χ1n) is 4.32. The van der Waals surface area contributed by atoms with Gasteiger partial charge in [0.15, 0.2) is 0 Å². The molecule has 0 spiro atoms. The molecular formula is C10H18O2. The Labute approximate surface area is 74.2 Å². The normalized spacial score (nSPS) is 17.3. The van der Waals surface area contributed by atoms with Crippen LogP contribution in [0.3, 0.4) is 0 Å². The van der Waals surface area contributed by atoms with E-state index in [0.29, 0.717) is 6.42 Å². The Morgan fingerprint density at radius 3 is 2.42 bits per heavy atom. The van der Waals surface area contributed by atoms with Gasteiger partial charge in [0.2, 0.25) is 0 Å². The molecule has 0 rings (SSSR count). The lowest BCUT2D eigenvalue weighted by atomic mass is 10.1. The SMILES string of the molecule is CC=CCCC(O)C=CC(C)O. The summed E-state index contributed by atoms with van der Waals surface area (Å²) in [4.78, 5) is 0. The molecule has 2 unspecified atom stereocenters. The molecule has 2 N–H and O–H groups in total. The Morgan fingerprint density at radius 2 is 1.92 bits per heavy atom. The smallest absolute Gasteiger partial charge is 0.0724 e. The molecule has 0 aliphatic rings. The summed E-state index contributed by atoms with van der Waals surface area (Å²) in [5.41, 5.74) is 0. The zero-order chi connectivity index (χ0) is 9.40. The highest BCUT2D eigenvalue weighted by Crippen LogP contribution is 2.00. The Kier molecular flexibility index (Phi) is 6.72. The van der Waals surface area contributed by atoms with Crippen LogP contribution < -0.4 is 0 Å². The van der Waals surface area contributed by atoms with Crippen LogP contribution in [-0.2, 0) is 0 Å². The molecule has 0 heterocycles. The highest BCUT2D eigenvalue weighted by molar-refractivity contribution is 4.93. The van der Waals surface area contributed by atoms with E-state index in [0.717, 1.165) is 6.42 Å². The van der Waals surface area contributed by atoms with Gasteiger partial charge in [0, 0.05) is 0 Å². The second kappa shape index (κ2) is 7.07. The second-order valence-electron chi connectivity index (χ2n) is 2.84. The fourth-order valence-corrected chi connectivity index (χ4v) is 0.819. The van der Waals surface area contributed by atoms with Gasteiger partial charge in [0.1, 0.15) is 0 Å². The van der Waals surface area contributed by atoms with Crippen LogP contribution in [0.25, 0.3) is 0 Å². The first-order chi connectivity index (χ1) is 5.66. The Balaban J connectivity index is 3.51. The van der Waals surface area contributed by atoms with E-state index in [-0.39, 0.29) is 0 Å². The van der Waals surface area contributed by atoms with E-state index < -0.39 is 12.2 Å². The van der Waals surface area contributed by atoms with Gasteiger partial charge < -0.3 is 10.2 Å². The van der Waals surface area contributed by atoms with E-state index in [1.165, 1.54) is 0 Å². The average Bonchev–Trinajstić information content (AvgIpc) is 2.01. The Hall–Kier alpha value is -0.600. The number of rotatable bonds is 5. The van der Waals surface area contributed by atoms with Gasteiger partial charge in [-0.1, -0.05) is 24.3 Å². The minimum Gasteiger partial charge on any atom is -0.389 e. The van der Waals surface area contributed by atoms with E-state index >= 15 is 0 Å². The molecular weight excluding hydrogens is 152 g/mol. The summed E-state index contributed by atoms with van der Waals surface area (Å²) in [7, 11) is 0. The molecule has 0 aliphatic carbocycles. The number of aliphatic hydroxyl groups excluding tert-OH is 2. The minimum atomic E-state index is -0.471. The van der Waals surface area contributed by atoms with Crippen molar-refractivity contribution in [3.63, 3.8) is 0 Å². The molecule has 0 amide bonds. The van der Waals surface area contributed by atoms with Crippen molar-refractivity contribution in [3.8, 4) is 0 Å². The zero-order valence-corrected chi connectivity index (χ0v) is 7.77. The standard InChI is InChI=1S/C10H18O2/c1-3-4-5-6-10(12)8-7-9(2)11/h3-4,7-12H,5-6H2,1-2H3. The highest BCUT2D eigenvalue weighted by Gasteiger charge is 1.96. The second-order valence-corrected chi connectivity index (χ2v) is 2.84. The summed E-state index contributed by atoms with van der Waals surface area (Å²) in [6.45, 7) is 3.62. The van der Waals surface area contributed by atoms with Crippen molar-refractivity contribution >= 4 is 0 Å². The lowest BCUT2D eigenvalue weighted by molar-refractivity contribution is 0.207. The van der Waals surface area contributed by atoms with Crippen LogP contribution in [0.15, 0.2) is 24.3 Å². The van der Waals surface area contributed by atoms with Gasteiger partial charge in [-0.15, -0.1) is 0 Å². The van der Waals surface area contributed by atoms with Crippen LogP contribution >= 0.6 is 0 Å². The molecule has 2 heteroatoms. The Bertz CT molecular complexity index is 148. The number of allylic oxidation sites excluding steroid dienone is 2. The number of hydrogen-bond acceptors (Lipinski definition) is 2. The number of aliphatic hydroxyl groups is 2. The van der Waals surface area contributed by atoms with Crippen LogP contribution in [0.5, 0.6) is 0 Å². The van der Waals surface area contributed by atoms with Crippen LogP contribution in [0.1, 0.15) is 26.7 Å². The van der Waals surface area contributed by atoms with Gasteiger partial charge in [0.25, 0.3) is 0 Å². The molecule has 0 aromatic rings. The molecule has 0 aliphatic heterocycles. The summed E-state index contributed by atoms with van der Waals surface area (Å²) >= 11 is 0.